The van der Waals surface area contributed by atoms with Gasteiger partial charge in [0.2, 0.25) is 0 Å². The van der Waals surface area contributed by atoms with Gasteiger partial charge in [0.1, 0.15) is 0 Å². The third-order valence-corrected chi connectivity index (χ3v) is 3.23. The van der Waals surface area contributed by atoms with Crippen LogP contribution in [0.3, 0.4) is 0 Å². The number of likely N-dealkylation sites (N-methyl/N-ethyl adjacent to an activating group) is 1. The van der Waals surface area contributed by atoms with E-state index < -0.39 is 0 Å². The van der Waals surface area contributed by atoms with Gasteiger partial charge in [-0.3, -0.25) is 0 Å². The molecule has 0 aliphatic heterocycles. The zero-order valence-corrected chi connectivity index (χ0v) is 12.4. The van der Waals surface area contributed by atoms with Crippen molar-refractivity contribution in [1.29, 1.82) is 0 Å². The van der Waals surface area contributed by atoms with Crippen LogP contribution in [0.4, 0.5) is 5.69 Å². The highest BCUT2D eigenvalue weighted by atomic mass is 15.1. The molecule has 0 aromatic heterocycles. The first-order valence-corrected chi connectivity index (χ1v) is 7.08. The Hall–Kier alpha value is -1.02. The Bertz CT molecular complexity index is 316. The number of aryl methyl sites for hydroxylation is 1. The quantitative estimate of drug-likeness (QED) is 0.709. The van der Waals surface area contributed by atoms with Gasteiger partial charge in [-0.25, -0.2) is 0 Å². The Balaban J connectivity index is 2.13. The Morgan fingerprint density at radius 2 is 1.78 bits per heavy atom. The lowest BCUT2D eigenvalue weighted by Gasteiger charge is -2.19. The summed E-state index contributed by atoms with van der Waals surface area (Å²) in [6.07, 6.45) is 2.60. The van der Waals surface area contributed by atoms with E-state index in [1.165, 1.54) is 24.1 Å². The average Bonchev–Trinajstić information content (AvgIpc) is 2.34. The second kappa shape index (κ2) is 8.15. The molecule has 1 aromatic rings. The largest absolute Gasteiger partial charge is 0.373 e. The van der Waals surface area contributed by atoms with Gasteiger partial charge >= 0.3 is 0 Å². The summed E-state index contributed by atoms with van der Waals surface area (Å²) in [6.45, 7) is 9.95. The van der Waals surface area contributed by atoms with Gasteiger partial charge in [0.25, 0.3) is 0 Å². The van der Waals surface area contributed by atoms with E-state index in [1.807, 2.05) is 0 Å². The van der Waals surface area contributed by atoms with E-state index in [2.05, 4.69) is 62.3 Å². The minimum atomic E-state index is 0.821. The van der Waals surface area contributed by atoms with E-state index in [-0.39, 0.29) is 0 Å². The van der Waals surface area contributed by atoms with Gasteiger partial charge < -0.3 is 10.2 Å². The highest BCUT2D eigenvalue weighted by Crippen LogP contribution is 2.12. The number of anilines is 1. The minimum absolute atomic E-state index is 0.821. The predicted molar refractivity (Wildman–Crippen MR) is 81.4 cm³/mol. The molecular formula is C16H28N2. The lowest BCUT2D eigenvalue weighted by Crippen LogP contribution is -2.29. The predicted octanol–water partition coefficient (Wildman–Crippen LogP) is 3.46. The first kappa shape index (κ1) is 15.0. The fraction of sp³-hybridized carbons (Fsp3) is 0.625. The summed E-state index contributed by atoms with van der Waals surface area (Å²) in [5.74, 6) is 0.821. The van der Waals surface area contributed by atoms with Crippen LogP contribution in [0.5, 0.6) is 0 Å². The van der Waals surface area contributed by atoms with Crippen molar-refractivity contribution in [2.24, 2.45) is 5.92 Å². The lowest BCUT2D eigenvalue weighted by atomic mass is 10.1. The molecule has 0 amide bonds. The van der Waals surface area contributed by atoms with Crippen molar-refractivity contribution in [3.8, 4) is 0 Å². The summed E-state index contributed by atoms with van der Waals surface area (Å²) < 4.78 is 0. The van der Waals surface area contributed by atoms with Crippen LogP contribution in [0, 0.1) is 12.8 Å². The van der Waals surface area contributed by atoms with Crippen molar-refractivity contribution in [1.82, 2.24) is 5.32 Å². The monoisotopic (exact) mass is 248 g/mol. The van der Waals surface area contributed by atoms with Crippen molar-refractivity contribution in [3.63, 3.8) is 0 Å². The van der Waals surface area contributed by atoms with E-state index in [0.717, 1.165) is 25.6 Å². The van der Waals surface area contributed by atoms with Crippen LogP contribution in [0.1, 0.15) is 32.3 Å². The fourth-order valence-electron chi connectivity index (χ4n) is 1.94. The maximum absolute atomic E-state index is 3.51. The zero-order chi connectivity index (χ0) is 13.4. The van der Waals surface area contributed by atoms with Crippen LogP contribution in [0.2, 0.25) is 0 Å². The average molecular weight is 248 g/mol. The fourth-order valence-corrected chi connectivity index (χ4v) is 1.94. The molecule has 102 valence electrons. The highest BCUT2D eigenvalue weighted by Gasteiger charge is 1.99. The Kier molecular flexibility index (Phi) is 6.81. The van der Waals surface area contributed by atoms with Crippen molar-refractivity contribution in [2.45, 2.75) is 33.6 Å². The van der Waals surface area contributed by atoms with Gasteiger partial charge in [-0.2, -0.15) is 0 Å². The van der Waals surface area contributed by atoms with Gasteiger partial charge in [-0.05, 0) is 44.4 Å². The van der Waals surface area contributed by atoms with Crippen LogP contribution in [-0.2, 0) is 0 Å². The Labute approximate surface area is 112 Å². The van der Waals surface area contributed by atoms with Gasteiger partial charge in [0, 0.05) is 25.8 Å². The summed E-state index contributed by atoms with van der Waals surface area (Å²) >= 11 is 0. The molecule has 0 unspecified atom stereocenters. The topological polar surface area (TPSA) is 15.3 Å². The summed E-state index contributed by atoms with van der Waals surface area (Å²) in [7, 11) is 2.15. The molecule has 2 nitrogen and oxygen atoms in total. The summed E-state index contributed by atoms with van der Waals surface area (Å²) in [4.78, 5) is 2.30. The normalized spacial score (nSPS) is 10.9. The molecule has 0 aliphatic rings. The third-order valence-electron chi connectivity index (χ3n) is 3.23. The number of nitrogens with zero attached hydrogens (tertiary/aromatic N) is 1. The molecular weight excluding hydrogens is 220 g/mol. The minimum Gasteiger partial charge on any atom is -0.373 e. The molecule has 1 aromatic carbocycles. The first-order chi connectivity index (χ1) is 8.59. The van der Waals surface area contributed by atoms with E-state index >= 15 is 0 Å². The highest BCUT2D eigenvalue weighted by molar-refractivity contribution is 5.46. The van der Waals surface area contributed by atoms with Gasteiger partial charge in [-0.15, -0.1) is 0 Å². The summed E-state index contributed by atoms with van der Waals surface area (Å²) in [5.41, 5.74) is 2.61. The molecule has 0 heterocycles. The smallest absolute Gasteiger partial charge is 0.0364 e. The molecule has 18 heavy (non-hydrogen) atoms. The van der Waals surface area contributed by atoms with Crippen molar-refractivity contribution in [2.75, 3.05) is 31.6 Å². The second-order valence-corrected chi connectivity index (χ2v) is 5.54. The molecule has 2 heteroatoms. The Morgan fingerprint density at radius 3 is 2.39 bits per heavy atom. The molecule has 0 saturated carbocycles. The first-order valence-electron chi connectivity index (χ1n) is 7.08. The molecule has 1 N–H and O–H groups in total. The molecule has 0 radical (unpaired) electrons. The lowest BCUT2D eigenvalue weighted by molar-refractivity contribution is 0.529. The van der Waals surface area contributed by atoms with Crippen LogP contribution in [0.15, 0.2) is 24.3 Å². The maximum Gasteiger partial charge on any atom is 0.0364 e. The van der Waals surface area contributed by atoms with E-state index in [4.69, 9.17) is 0 Å². The SMILES string of the molecule is Cc1ccc(N(C)CCNCCCC(C)C)cc1. The Morgan fingerprint density at radius 1 is 1.11 bits per heavy atom. The molecule has 0 saturated heterocycles. The molecule has 0 atom stereocenters. The van der Waals surface area contributed by atoms with Crippen LogP contribution >= 0.6 is 0 Å². The van der Waals surface area contributed by atoms with E-state index in [9.17, 15) is 0 Å². The molecule has 0 fully saturated rings. The third kappa shape index (κ3) is 6.06. The summed E-state index contributed by atoms with van der Waals surface area (Å²) in [6, 6.07) is 8.71. The van der Waals surface area contributed by atoms with Crippen molar-refractivity contribution >= 4 is 5.69 Å². The van der Waals surface area contributed by atoms with Gasteiger partial charge in [-0.1, -0.05) is 31.5 Å². The number of nitrogens with one attached hydrogen (secondary N) is 1. The van der Waals surface area contributed by atoms with E-state index in [1.54, 1.807) is 0 Å². The molecule has 0 aliphatic carbocycles. The molecule has 0 bridgehead atoms. The van der Waals surface area contributed by atoms with Crippen LogP contribution in [0.25, 0.3) is 0 Å². The van der Waals surface area contributed by atoms with E-state index in [0.29, 0.717) is 0 Å². The summed E-state index contributed by atoms with van der Waals surface area (Å²) in [5, 5.41) is 3.51. The molecule has 0 spiro atoms. The van der Waals surface area contributed by atoms with Crippen molar-refractivity contribution in [3.05, 3.63) is 29.8 Å². The number of benzene rings is 1. The maximum atomic E-state index is 3.51. The van der Waals surface area contributed by atoms with Crippen LogP contribution < -0.4 is 10.2 Å². The number of hydrogen-bond donors (Lipinski definition) is 1. The number of hydrogen-bond acceptors (Lipinski definition) is 2. The van der Waals surface area contributed by atoms with Crippen molar-refractivity contribution < 1.29 is 0 Å². The van der Waals surface area contributed by atoms with Gasteiger partial charge in [0.15, 0.2) is 0 Å². The number of rotatable bonds is 8. The second-order valence-electron chi connectivity index (χ2n) is 5.54. The zero-order valence-electron chi connectivity index (χ0n) is 12.4. The van der Waals surface area contributed by atoms with Gasteiger partial charge in [0.05, 0.1) is 0 Å². The van der Waals surface area contributed by atoms with Crippen LogP contribution in [-0.4, -0.2) is 26.7 Å². The molecule has 1 rings (SSSR count). The standard InChI is InChI=1S/C16H28N2/c1-14(2)6-5-11-17-12-13-18(4)16-9-7-15(3)8-10-16/h7-10,14,17H,5-6,11-13H2,1-4H3.